The van der Waals surface area contributed by atoms with E-state index < -0.39 is 0 Å². The highest BCUT2D eigenvalue weighted by atomic mass is 19.1. The molecule has 0 heterocycles. The molecule has 0 bridgehead atoms. The van der Waals surface area contributed by atoms with E-state index in [1.807, 2.05) is 24.3 Å². The van der Waals surface area contributed by atoms with Crippen LogP contribution in [0.15, 0.2) is 42.5 Å². The Morgan fingerprint density at radius 3 is 2.53 bits per heavy atom. The van der Waals surface area contributed by atoms with Gasteiger partial charge in [0.05, 0.1) is 0 Å². The van der Waals surface area contributed by atoms with E-state index >= 15 is 0 Å². The van der Waals surface area contributed by atoms with Crippen molar-refractivity contribution in [2.75, 3.05) is 0 Å². The Balaban J connectivity index is 2.03. The molecule has 1 aliphatic carbocycles. The summed E-state index contributed by atoms with van der Waals surface area (Å²) in [5.74, 6) is 0.112. The van der Waals surface area contributed by atoms with Gasteiger partial charge in [0.25, 0.3) is 0 Å². The predicted octanol–water partition coefficient (Wildman–Crippen LogP) is 4.41. The number of aryl methyl sites for hydroxylation is 1. The second-order valence-electron chi connectivity index (χ2n) is 4.91. The number of phenolic OH excluding ortho intramolecular Hbond substituents is 1. The number of benzene rings is 2. The molecule has 0 saturated carbocycles. The van der Waals surface area contributed by atoms with Gasteiger partial charge in [0.2, 0.25) is 0 Å². The van der Waals surface area contributed by atoms with Crippen LogP contribution in [0.3, 0.4) is 0 Å². The fourth-order valence-corrected chi connectivity index (χ4v) is 2.57. The topological polar surface area (TPSA) is 20.2 Å². The van der Waals surface area contributed by atoms with Crippen molar-refractivity contribution in [2.45, 2.75) is 19.3 Å². The maximum atomic E-state index is 13.0. The number of hydrogen-bond donors (Lipinski definition) is 1. The van der Waals surface area contributed by atoms with Crippen molar-refractivity contribution in [1.82, 2.24) is 0 Å². The second-order valence-corrected chi connectivity index (χ2v) is 4.91. The van der Waals surface area contributed by atoms with E-state index in [9.17, 15) is 9.50 Å². The molecule has 3 rings (SSSR count). The van der Waals surface area contributed by atoms with Crippen LogP contribution < -0.4 is 0 Å². The summed E-state index contributed by atoms with van der Waals surface area (Å²) in [7, 11) is 0. The first-order valence-electron chi connectivity index (χ1n) is 6.51. The molecule has 0 spiro atoms. The molecule has 2 aromatic carbocycles. The Morgan fingerprint density at radius 1 is 0.947 bits per heavy atom. The lowest BCUT2D eigenvalue weighted by atomic mass is 10.0. The lowest BCUT2D eigenvalue weighted by Gasteiger charge is -2.05. The van der Waals surface area contributed by atoms with Crippen LogP contribution in [-0.4, -0.2) is 5.11 Å². The first-order valence-corrected chi connectivity index (χ1v) is 6.51. The van der Waals surface area contributed by atoms with Gasteiger partial charge in [0.1, 0.15) is 11.6 Å². The molecule has 1 N–H and O–H groups in total. The van der Waals surface area contributed by atoms with Crippen molar-refractivity contribution in [3.63, 3.8) is 0 Å². The molecule has 0 saturated heterocycles. The van der Waals surface area contributed by atoms with Crippen LogP contribution in [0, 0.1) is 5.82 Å². The smallest absolute Gasteiger partial charge is 0.123 e. The quantitative estimate of drug-likeness (QED) is 0.799. The van der Waals surface area contributed by atoms with Crippen molar-refractivity contribution in [1.29, 1.82) is 0 Å². The Bertz CT molecular complexity index is 626. The molecular formula is C17H15FO. The molecule has 96 valence electrons. The summed E-state index contributed by atoms with van der Waals surface area (Å²) in [5, 5.41) is 9.53. The molecule has 0 unspecified atom stereocenters. The lowest BCUT2D eigenvalue weighted by molar-refractivity contribution is 0.474. The fraction of sp³-hybridized carbons (Fsp3) is 0.176. The summed E-state index contributed by atoms with van der Waals surface area (Å²) in [6, 6.07) is 12.1. The maximum absolute atomic E-state index is 13.0. The van der Waals surface area contributed by atoms with Gasteiger partial charge in [-0.3, -0.25) is 0 Å². The first kappa shape index (κ1) is 12.0. The van der Waals surface area contributed by atoms with Crippen molar-refractivity contribution >= 4 is 11.6 Å². The van der Waals surface area contributed by atoms with Gasteiger partial charge in [0.15, 0.2) is 0 Å². The summed E-state index contributed by atoms with van der Waals surface area (Å²) in [5.41, 5.74) is 4.62. The minimum atomic E-state index is -0.205. The normalized spacial score (nSPS) is 14.5. The molecule has 0 aliphatic heterocycles. The van der Waals surface area contributed by atoms with Gasteiger partial charge in [-0.1, -0.05) is 24.3 Å². The van der Waals surface area contributed by atoms with Crippen molar-refractivity contribution < 1.29 is 9.50 Å². The summed E-state index contributed by atoms with van der Waals surface area (Å²) >= 11 is 0. The van der Waals surface area contributed by atoms with Crippen LogP contribution in [0.1, 0.15) is 29.5 Å². The van der Waals surface area contributed by atoms with Crippen molar-refractivity contribution in [3.8, 4) is 5.75 Å². The zero-order chi connectivity index (χ0) is 13.2. The van der Waals surface area contributed by atoms with Crippen LogP contribution in [0.2, 0.25) is 0 Å². The standard InChI is InChI=1S/C17H15FO/c18-16-7-4-12(5-8-16)13-2-1-3-14-11-17(19)9-6-15(14)10-13/h4-11,19H,1-3H2. The highest BCUT2D eigenvalue weighted by molar-refractivity contribution is 5.83. The Morgan fingerprint density at radius 2 is 1.74 bits per heavy atom. The lowest BCUT2D eigenvalue weighted by Crippen LogP contribution is -1.86. The van der Waals surface area contributed by atoms with Gasteiger partial charge < -0.3 is 5.11 Å². The minimum Gasteiger partial charge on any atom is -0.508 e. The van der Waals surface area contributed by atoms with E-state index in [0.29, 0.717) is 5.75 Å². The van der Waals surface area contributed by atoms with E-state index in [1.54, 1.807) is 6.07 Å². The van der Waals surface area contributed by atoms with Crippen molar-refractivity contribution in [3.05, 3.63) is 65.0 Å². The van der Waals surface area contributed by atoms with E-state index in [2.05, 4.69) is 6.08 Å². The largest absolute Gasteiger partial charge is 0.508 e. The van der Waals surface area contributed by atoms with Gasteiger partial charge >= 0.3 is 0 Å². The fourth-order valence-electron chi connectivity index (χ4n) is 2.57. The average Bonchev–Trinajstić information content (AvgIpc) is 2.61. The maximum Gasteiger partial charge on any atom is 0.123 e. The molecule has 0 radical (unpaired) electrons. The molecule has 0 aromatic heterocycles. The van der Waals surface area contributed by atoms with E-state index in [1.165, 1.54) is 23.3 Å². The summed E-state index contributed by atoms with van der Waals surface area (Å²) in [6.45, 7) is 0. The van der Waals surface area contributed by atoms with Crippen LogP contribution in [0.25, 0.3) is 11.6 Å². The van der Waals surface area contributed by atoms with Gasteiger partial charge in [-0.15, -0.1) is 0 Å². The number of aromatic hydroxyl groups is 1. The Kier molecular flexibility index (Phi) is 3.08. The third kappa shape index (κ3) is 2.53. The molecule has 0 fully saturated rings. The first-order chi connectivity index (χ1) is 9.22. The van der Waals surface area contributed by atoms with Crippen LogP contribution in [0.4, 0.5) is 4.39 Å². The molecular weight excluding hydrogens is 239 g/mol. The van der Waals surface area contributed by atoms with E-state index in [4.69, 9.17) is 0 Å². The molecule has 1 aliphatic rings. The monoisotopic (exact) mass is 254 g/mol. The summed E-state index contributed by atoms with van der Waals surface area (Å²) in [6.07, 6.45) is 5.13. The summed E-state index contributed by atoms with van der Waals surface area (Å²) < 4.78 is 13.0. The third-order valence-electron chi connectivity index (χ3n) is 3.56. The van der Waals surface area contributed by atoms with E-state index in [0.717, 1.165) is 30.4 Å². The molecule has 0 atom stereocenters. The van der Waals surface area contributed by atoms with E-state index in [-0.39, 0.29) is 5.82 Å². The van der Waals surface area contributed by atoms with Gasteiger partial charge in [0, 0.05) is 0 Å². The molecule has 1 nitrogen and oxygen atoms in total. The van der Waals surface area contributed by atoms with Gasteiger partial charge in [-0.2, -0.15) is 0 Å². The number of halogens is 1. The summed E-state index contributed by atoms with van der Waals surface area (Å²) in [4.78, 5) is 0. The number of fused-ring (bicyclic) bond motifs is 1. The van der Waals surface area contributed by atoms with Crippen LogP contribution >= 0.6 is 0 Å². The van der Waals surface area contributed by atoms with Crippen LogP contribution in [-0.2, 0) is 6.42 Å². The molecule has 0 amide bonds. The second kappa shape index (κ2) is 4.88. The molecule has 2 heteroatoms. The highest BCUT2D eigenvalue weighted by Crippen LogP contribution is 2.30. The third-order valence-corrected chi connectivity index (χ3v) is 3.56. The number of phenols is 1. The molecule has 19 heavy (non-hydrogen) atoms. The van der Waals surface area contributed by atoms with Crippen LogP contribution in [0.5, 0.6) is 5.75 Å². The predicted molar refractivity (Wildman–Crippen MR) is 75.3 cm³/mol. The zero-order valence-corrected chi connectivity index (χ0v) is 10.6. The minimum absolute atomic E-state index is 0.205. The highest BCUT2D eigenvalue weighted by Gasteiger charge is 2.10. The zero-order valence-electron chi connectivity index (χ0n) is 10.6. The average molecular weight is 254 g/mol. The van der Waals surface area contributed by atoms with Crippen molar-refractivity contribution in [2.24, 2.45) is 0 Å². The SMILES string of the molecule is Oc1ccc2c(c1)CCCC(c1ccc(F)cc1)=C2. The number of allylic oxidation sites excluding steroid dienone is 1. The van der Waals surface area contributed by atoms with Gasteiger partial charge in [-0.25, -0.2) is 4.39 Å². The number of rotatable bonds is 1. The Hall–Kier alpha value is -2.09. The Labute approximate surface area is 112 Å². The molecule has 2 aromatic rings. The van der Waals surface area contributed by atoms with Gasteiger partial charge in [-0.05, 0) is 65.8 Å². The number of hydrogen-bond acceptors (Lipinski definition) is 1.